The summed E-state index contributed by atoms with van der Waals surface area (Å²) in [6, 6.07) is 9.49. The molecule has 31 heavy (non-hydrogen) atoms. The van der Waals surface area contributed by atoms with Gasteiger partial charge in [-0.05, 0) is 18.2 Å². The molecule has 0 saturated carbocycles. The Bertz CT molecular complexity index is 1050. The summed E-state index contributed by atoms with van der Waals surface area (Å²) < 4.78 is 30.4. The summed E-state index contributed by atoms with van der Waals surface area (Å²) in [7, 11) is 0. The number of hydrogen-bond acceptors (Lipinski definition) is 6. The van der Waals surface area contributed by atoms with Crippen molar-refractivity contribution in [1.29, 1.82) is 0 Å². The maximum Gasteiger partial charge on any atom is 0.290 e. The number of hydrogen-bond donors (Lipinski definition) is 0. The first-order valence-electron chi connectivity index (χ1n) is 9.86. The molecule has 4 rings (SSSR count). The molecule has 1 saturated heterocycles. The summed E-state index contributed by atoms with van der Waals surface area (Å²) in [4.78, 5) is 32.9. The van der Waals surface area contributed by atoms with E-state index in [1.54, 1.807) is 42.2 Å². The molecule has 1 atom stereocenters. The van der Waals surface area contributed by atoms with Gasteiger partial charge in [0, 0.05) is 25.6 Å². The Morgan fingerprint density at radius 3 is 2.77 bits per heavy atom. The number of amides is 2. The van der Waals surface area contributed by atoms with Crippen LogP contribution in [0.5, 0.6) is 0 Å². The van der Waals surface area contributed by atoms with E-state index in [9.17, 15) is 14.0 Å². The van der Waals surface area contributed by atoms with Crippen LogP contribution >= 0.6 is 0 Å². The minimum Gasteiger partial charge on any atom is -0.459 e. The molecule has 0 radical (unpaired) electrons. The maximum atomic E-state index is 14.0. The zero-order chi connectivity index (χ0) is 21.8. The lowest BCUT2D eigenvalue weighted by molar-refractivity contribution is -0.132. The molecule has 1 aliphatic rings. The molecule has 0 bridgehead atoms. The number of furan rings is 1. The number of rotatable bonds is 6. The molecule has 0 N–H and O–H groups in total. The molecule has 0 spiro atoms. The van der Waals surface area contributed by atoms with Crippen molar-refractivity contribution < 1.29 is 27.6 Å². The number of nitrogens with zero attached hydrogens (tertiary/aromatic N) is 3. The average molecular weight is 427 g/mol. The average Bonchev–Trinajstić information content (AvgIpc) is 3.40. The van der Waals surface area contributed by atoms with Gasteiger partial charge in [-0.2, -0.15) is 0 Å². The Kier molecular flexibility index (Phi) is 6.13. The van der Waals surface area contributed by atoms with Crippen molar-refractivity contribution in [2.75, 3.05) is 19.6 Å². The van der Waals surface area contributed by atoms with Crippen LogP contribution < -0.4 is 0 Å². The Morgan fingerprint density at radius 1 is 1.23 bits per heavy atom. The SMILES string of the molecule is Cc1nc(CN2CC(OCc3ccccc3F)CN(C(=O)c3ccco3)CC2=O)co1. The molecule has 2 amide bonds. The van der Waals surface area contributed by atoms with Crippen LogP contribution in [0.2, 0.25) is 0 Å². The quantitative estimate of drug-likeness (QED) is 0.601. The molecule has 3 heterocycles. The fourth-order valence-electron chi connectivity index (χ4n) is 3.45. The molecule has 1 fully saturated rings. The number of carbonyl (C=O) groups excluding carboxylic acids is 2. The summed E-state index contributed by atoms with van der Waals surface area (Å²) in [6.45, 7) is 2.21. The van der Waals surface area contributed by atoms with Gasteiger partial charge < -0.3 is 23.4 Å². The Hall–Kier alpha value is -3.46. The van der Waals surface area contributed by atoms with Crippen LogP contribution in [0.25, 0.3) is 0 Å². The predicted octanol–water partition coefficient (Wildman–Crippen LogP) is 2.79. The molecule has 3 aromatic rings. The summed E-state index contributed by atoms with van der Waals surface area (Å²) in [5, 5.41) is 0. The first-order chi connectivity index (χ1) is 15.0. The molecule has 162 valence electrons. The van der Waals surface area contributed by atoms with Crippen LogP contribution in [0.4, 0.5) is 4.39 Å². The molecule has 1 aliphatic heterocycles. The van der Waals surface area contributed by atoms with Crippen molar-refractivity contribution in [3.05, 3.63) is 77.7 Å². The summed E-state index contributed by atoms with van der Waals surface area (Å²) in [5.41, 5.74) is 1.00. The molecular formula is C22H22FN3O5. The van der Waals surface area contributed by atoms with E-state index in [1.807, 2.05) is 0 Å². The highest BCUT2D eigenvalue weighted by molar-refractivity contribution is 5.94. The van der Waals surface area contributed by atoms with E-state index in [-0.39, 0.29) is 50.3 Å². The van der Waals surface area contributed by atoms with Crippen LogP contribution in [-0.2, 0) is 22.7 Å². The zero-order valence-electron chi connectivity index (χ0n) is 17.0. The van der Waals surface area contributed by atoms with Gasteiger partial charge in [-0.25, -0.2) is 9.37 Å². The van der Waals surface area contributed by atoms with E-state index in [2.05, 4.69) is 4.98 Å². The first kappa shape index (κ1) is 20.8. The first-order valence-corrected chi connectivity index (χ1v) is 9.86. The molecule has 1 aromatic carbocycles. The van der Waals surface area contributed by atoms with Gasteiger partial charge in [0.2, 0.25) is 5.91 Å². The molecule has 9 heteroatoms. The van der Waals surface area contributed by atoms with Crippen molar-refractivity contribution in [3.63, 3.8) is 0 Å². The lowest BCUT2D eigenvalue weighted by atomic mass is 10.2. The minimum atomic E-state index is -0.530. The lowest BCUT2D eigenvalue weighted by Gasteiger charge is -2.24. The van der Waals surface area contributed by atoms with Gasteiger partial charge in [0.15, 0.2) is 11.7 Å². The number of carbonyl (C=O) groups is 2. The summed E-state index contributed by atoms with van der Waals surface area (Å²) in [6.07, 6.45) is 2.37. The van der Waals surface area contributed by atoms with Crippen LogP contribution in [-0.4, -0.2) is 52.3 Å². The van der Waals surface area contributed by atoms with E-state index >= 15 is 0 Å². The van der Waals surface area contributed by atoms with Gasteiger partial charge in [-0.1, -0.05) is 18.2 Å². The third kappa shape index (κ3) is 5.00. The van der Waals surface area contributed by atoms with Crippen LogP contribution in [0, 0.1) is 12.7 Å². The van der Waals surface area contributed by atoms with E-state index in [0.29, 0.717) is 17.1 Å². The van der Waals surface area contributed by atoms with Crippen molar-refractivity contribution in [3.8, 4) is 0 Å². The van der Waals surface area contributed by atoms with Crippen molar-refractivity contribution in [2.24, 2.45) is 0 Å². The third-order valence-electron chi connectivity index (χ3n) is 5.00. The van der Waals surface area contributed by atoms with E-state index in [0.717, 1.165) is 0 Å². The molecule has 8 nitrogen and oxygen atoms in total. The fourth-order valence-corrected chi connectivity index (χ4v) is 3.45. The number of halogens is 1. The second-order valence-corrected chi connectivity index (χ2v) is 7.32. The van der Waals surface area contributed by atoms with Gasteiger partial charge in [0.1, 0.15) is 18.6 Å². The Morgan fingerprint density at radius 2 is 2.06 bits per heavy atom. The summed E-state index contributed by atoms with van der Waals surface area (Å²) in [5.74, 6) is -0.388. The number of oxazole rings is 1. The highest BCUT2D eigenvalue weighted by Gasteiger charge is 2.32. The van der Waals surface area contributed by atoms with Crippen LogP contribution in [0.1, 0.15) is 27.7 Å². The predicted molar refractivity (Wildman–Crippen MR) is 106 cm³/mol. The smallest absolute Gasteiger partial charge is 0.290 e. The van der Waals surface area contributed by atoms with Crippen molar-refractivity contribution >= 4 is 11.8 Å². The Balaban J connectivity index is 1.53. The number of aryl methyl sites for hydroxylation is 1. The van der Waals surface area contributed by atoms with E-state index < -0.39 is 12.0 Å². The molecule has 0 aliphatic carbocycles. The van der Waals surface area contributed by atoms with Crippen LogP contribution in [0.3, 0.4) is 0 Å². The maximum absolute atomic E-state index is 14.0. The van der Waals surface area contributed by atoms with Crippen molar-refractivity contribution in [1.82, 2.24) is 14.8 Å². The van der Waals surface area contributed by atoms with Gasteiger partial charge in [-0.15, -0.1) is 0 Å². The molecular weight excluding hydrogens is 405 g/mol. The van der Waals surface area contributed by atoms with Crippen LogP contribution in [0.15, 0.2) is 57.8 Å². The topological polar surface area (TPSA) is 89.0 Å². The van der Waals surface area contributed by atoms with Gasteiger partial charge in [0.25, 0.3) is 5.91 Å². The highest BCUT2D eigenvalue weighted by atomic mass is 19.1. The monoisotopic (exact) mass is 427 g/mol. The minimum absolute atomic E-state index is 0.0191. The zero-order valence-corrected chi connectivity index (χ0v) is 17.0. The van der Waals surface area contributed by atoms with Gasteiger partial charge in [-0.3, -0.25) is 9.59 Å². The van der Waals surface area contributed by atoms with Crippen molar-refractivity contribution in [2.45, 2.75) is 26.2 Å². The second-order valence-electron chi connectivity index (χ2n) is 7.32. The largest absolute Gasteiger partial charge is 0.459 e. The number of benzene rings is 1. The number of ether oxygens (including phenoxy) is 1. The standard InChI is InChI=1S/C22H22FN3O5/c1-15-24-17(14-30-15)9-25-10-18(31-13-16-5-2-3-6-19(16)23)11-26(12-21(25)27)22(28)20-7-4-8-29-20/h2-8,14,18H,9-13H2,1H3. The van der Waals surface area contributed by atoms with E-state index in [4.69, 9.17) is 13.6 Å². The fraction of sp³-hybridized carbons (Fsp3) is 0.318. The third-order valence-corrected chi connectivity index (χ3v) is 5.00. The second kappa shape index (κ2) is 9.13. The summed E-state index contributed by atoms with van der Waals surface area (Å²) >= 11 is 0. The van der Waals surface area contributed by atoms with Gasteiger partial charge >= 0.3 is 0 Å². The highest BCUT2D eigenvalue weighted by Crippen LogP contribution is 2.17. The molecule has 1 unspecified atom stereocenters. The lowest BCUT2D eigenvalue weighted by Crippen LogP contribution is -2.39. The van der Waals surface area contributed by atoms with E-state index in [1.165, 1.54) is 23.5 Å². The molecule has 2 aromatic heterocycles. The Labute approximate surface area is 178 Å². The normalized spacial score (nSPS) is 17.1. The number of aromatic nitrogens is 1. The van der Waals surface area contributed by atoms with Gasteiger partial charge in [0.05, 0.1) is 31.2 Å².